The molecule has 0 saturated heterocycles. The monoisotopic (exact) mass is 302 g/mol. The van der Waals surface area contributed by atoms with E-state index in [-0.39, 0.29) is 5.91 Å². The molecule has 2 atom stereocenters. The third-order valence-electron chi connectivity index (χ3n) is 4.48. The van der Waals surface area contributed by atoms with E-state index in [1.165, 1.54) is 0 Å². The number of aliphatic carboxylic acids is 1. The quantitative estimate of drug-likeness (QED) is 0.800. The zero-order valence-corrected chi connectivity index (χ0v) is 12.3. The number of fused-ring (bicyclic) bond motifs is 1. The van der Waals surface area contributed by atoms with Gasteiger partial charge in [-0.2, -0.15) is 15.4 Å². The number of rotatable bonds is 3. The summed E-state index contributed by atoms with van der Waals surface area (Å²) in [6.07, 6.45) is 3.06. The number of carbonyl (C=O) groups is 2. The van der Waals surface area contributed by atoms with Gasteiger partial charge in [-0.15, -0.1) is 0 Å². The second kappa shape index (κ2) is 5.40. The molecule has 1 amide bonds. The van der Waals surface area contributed by atoms with Crippen LogP contribution in [0.4, 0.5) is 0 Å². The van der Waals surface area contributed by atoms with E-state index in [4.69, 9.17) is 0 Å². The van der Waals surface area contributed by atoms with E-state index < -0.39 is 17.4 Å². The van der Waals surface area contributed by atoms with E-state index in [0.29, 0.717) is 29.4 Å². The van der Waals surface area contributed by atoms with Crippen molar-refractivity contribution >= 4 is 22.9 Å². The topological polar surface area (TPSA) is 108 Å². The fraction of sp³-hybridized carbons (Fsp3) is 0.467. The molecule has 0 radical (unpaired) electrons. The van der Waals surface area contributed by atoms with Crippen molar-refractivity contribution in [3.8, 4) is 0 Å². The Morgan fingerprint density at radius 2 is 2.09 bits per heavy atom. The van der Waals surface area contributed by atoms with Gasteiger partial charge in [-0.1, -0.05) is 12.8 Å². The number of nitrogens with zero attached hydrogens (tertiary/aromatic N) is 2. The Hall–Kier alpha value is -2.44. The van der Waals surface area contributed by atoms with Crippen LogP contribution in [-0.4, -0.2) is 37.9 Å². The summed E-state index contributed by atoms with van der Waals surface area (Å²) in [5, 5.41) is 22.7. The number of H-pyrrole nitrogens is 1. The molecule has 1 heterocycles. The highest BCUT2D eigenvalue weighted by atomic mass is 16.4. The fourth-order valence-corrected chi connectivity index (χ4v) is 3.19. The molecule has 2 aromatic rings. The second-order valence-corrected chi connectivity index (χ2v) is 6.04. The number of aromatic amines is 1. The van der Waals surface area contributed by atoms with Crippen LogP contribution in [0.2, 0.25) is 0 Å². The van der Waals surface area contributed by atoms with E-state index in [2.05, 4.69) is 20.7 Å². The molecule has 0 spiro atoms. The molecule has 1 aliphatic carbocycles. The summed E-state index contributed by atoms with van der Waals surface area (Å²) in [7, 11) is 0. The maximum absolute atomic E-state index is 12.5. The van der Waals surface area contributed by atoms with Crippen LogP contribution in [0, 0.1) is 5.92 Å². The molecule has 0 bridgehead atoms. The highest BCUT2D eigenvalue weighted by Gasteiger charge is 2.42. The molecular formula is C15H18N4O3. The van der Waals surface area contributed by atoms with Crippen molar-refractivity contribution in [2.45, 2.75) is 38.1 Å². The number of benzene rings is 1. The highest BCUT2D eigenvalue weighted by molar-refractivity contribution is 5.97. The van der Waals surface area contributed by atoms with Gasteiger partial charge in [0, 0.05) is 5.56 Å². The van der Waals surface area contributed by atoms with Crippen LogP contribution in [0.15, 0.2) is 18.2 Å². The molecule has 116 valence electrons. The molecule has 3 rings (SSSR count). The van der Waals surface area contributed by atoms with E-state index in [0.717, 1.165) is 12.8 Å². The minimum absolute atomic E-state index is 0.277. The van der Waals surface area contributed by atoms with Crippen molar-refractivity contribution in [1.82, 2.24) is 20.7 Å². The van der Waals surface area contributed by atoms with Gasteiger partial charge in [-0.3, -0.25) is 9.59 Å². The van der Waals surface area contributed by atoms with Crippen molar-refractivity contribution in [3.05, 3.63) is 23.8 Å². The van der Waals surface area contributed by atoms with Crippen molar-refractivity contribution in [2.75, 3.05) is 0 Å². The molecule has 3 N–H and O–H groups in total. The van der Waals surface area contributed by atoms with Crippen molar-refractivity contribution < 1.29 is 14.7 Å². The molecule has 7 nitrogen and oxygen atoms in total. The summed E-state index contributed by atoms with van der Waals surface area (Å²) in [5.74, 6) is -1.68. The minimum atomic E-state index is -0.852. The van der Waals surface area contributed by atoms with Crippen molar-refractivity contribution in [1.29, 1.82) is 0 Å². The maximum Gasteiger partial charge on any atom is 0.308 e. The Kier molecular flexibility index (Phi) is 3.56. The lowest BCUT2D eigenvalue weighted by atomic mass is 9.73. The van der Waals surface area contributed by atoms with Crippen LogP contribution in [0.3, 0.4) is 0 Å². The summed E-state index contributed by atoms with van der Waals surface area (Å²) in [6, 6.07) is 5.03. The standard InChI is InChI=1S/C15H18N4O3/c1-15(7-3-2-4-10(15)14(21)22)16-13(20)9-5-6-11-12(8-9)18-19-17-11/h5-6,8,10H,2-4,7H2,1H3,(H,16,20)(H,21,22)(H,17,18,19)/t10-,15+/m0/s1. The predicted octanol–water partition coefficient (Wildman–Crippen LogP) is 1.72. The van der Waals surface area contributed by atoms with Crippen LogP contribution in [-0.2, 0) is 4.79 Å². The lowest BCUT2D eigenvalue weighted by molar-refractivity contribution is -0.145. The van der Waals surface area contributed by atoms with Crippen LogP contribution in [0.5, 0.6) is 0 Å². The Balaban J connectivity index is 1.83. The number of nitrogens with one attached hydrogen (secondary N) is 2. The van der Waals surface area contributed by atoms with Crippen LogP contribution >= 0.6 is 0 Å². The molecule has 1 aliphatic rings. The largest absolute Gasteiger partial charge is 0.481 e. The Labute approximate surface area is 127 Å². The molecule has 0 unspecified atom stereocenters. The van der Waals surface area contributed by atoms with Crippen molar-refractivity contribution in [3.63, 3.8) is 0 Å². The second-order valence-electron chi connectivity index (χ2n) is 6.04. The Morgan fingerprint density at radius 1 is 1.32 bits per heavy atom. The highest BCUT2D eigenvalue weighted by Crippen LogP contribution is 2.34. The molecule has 1 aromatic heterocycles. The number of carboxylic acid groups (broad SMARTS) is 1. The molecule has 1 aromatic carbocycles. The number of carbonyl (C=O) groups excluding carboxylic acids is 1. The predicted molar refractivity (Wildman–Crippen MR) is 79.4 cm³/mol. The number of carboxylic acids is 1. The SMILES string of the molecule is C[C@@]1(NC(=O)c2ccc3n[nH]nc3c2)CCCC[C@H]1C(=O)O. The van der Waals surface area contributed by atoms with E-state index in [1.54, 1.807) is 18.2 Å². The van der Waals surface area contributed by atoms with Gasteiger partial charge < -0.3 is 10.4 Å². The lowest BCUT2D eigenvalue weighted by Crippen LogP contribution is -2.55. The summed E-state index contributed by atoms with van der Waals surface area (Å²) >= 11 is 0. The van der Waals surface area contributed by atoms with Gasteiger partial charge in [0.1, 0.15) is 11.0 Å². The molecule has 1 fully saturated rings. The molecular weight excluding hydrogens is 284 g/mol. The first-order valence-corrected chi connectivity index (χ1v) is 7.35. The zero-order chi connectivity index (χ0) is 15.7. The first kappa shape index (κ1) is 14.5. The maximum atomic E-state index is 12.5. The third kappa shape index (κ3) is 2.54. The zero-order valence-electron chi connectivity index (χ0n) is 12.3. The summed E-state index contributed by atoms with van der Waals surface area (Å²) in [4.78, 5) is 23.9. The number of hydrogen-bond acceptors (Lipinski definition) is 4. The molecule has 7 heteroatoms. The Morgan fingerprint density at radius 3 is 2.86 bits per heavy atom. The van der Waals surface area contributed by atoms with Gasteiger partial charge in [0.05, 0.1) is 11.5 Å². The van der Waals surface area contributed by atoms with Crippen LogP contribution < -0.4 is 5.32 Å². The number of amides is 1. The van der Waals surface area contributed by atoms with Gasteiger partial charge in [0.15, 0.2) is 0 Å². The van der Waals surface area contributed by atoms with E-state index >= 15 is 0 Å². The molecule has 0 aliphatic heterocycles. The number of hydrogen-bond donors (Lipinski definition) is 3. The van der Waals surface area contributed by atoms with Gasteiger partial charge in [-0.25, -0.2) is 0 Å². The smallest absolute Gasteiger partial charge is 0.308 e. The third-order valence-corrected chi connectivity index (χ3v) is 4.48. The van der Waals surface area contributed by atoms with Gasteiger partial charge >= 0.3 is 5.97 Å². The summed E-state index contributed by atoms with van der Waals surface area (Å²) in [6.45, 7) is 1.82. The molecule has 1 saturated carbocycles. The van der Waals surface area contributed by atoms with Crippen molar-refractivity contribution in [2.24, 2.45) is 5.92 Å². The lowest BCUT2D eigenvalue weighted by Gasteiger charge is -2.39. The number of aromatic nitrogens is 3. The van der Waals surface area contributed by atoms with Gasteiger partial charge in [0.2, 0.25) is 0 Å². The Bertz CT molecular complexity index is 726. The van der Waals surface area contributed by atoms with Gasteiger partial charge in [-0.05, 0) is 38.0 Å². The minimum Gasteiger partial charge on any atom is -0.481 e. The fourth-order valence-electron chi connectivity index (χ4n) is 3.19. The average molecular weight is 302 g/mol. The average Bonchev–Trinajstić information content (AvgIpc) is 2.94. The van der Waals surface area contributed by atoms with Crippen LogP contribution in [0.1, 0.15) is 43.0 Å². The van der Waals surface area contributed by atoms with E-state index in [1.807, 2.05) is 6.92 Å². The van der Waals surface area contributed by atoms with Crippen LogP contribution in [0.25, 0.3) is 11.0 Å². The summed E-state index contributed by atoms with van der Waals surface area (Å²) < 4.78 is 0. The summed E-state index contributed by atoms with van der Waals surface area (Å²) in [5.41, 5.74) is 1.03. The first-order valence-electron chi connectivity index (χ1n) is 7.35. The molecule has 22 heavy (non-hydrogen) atoms. The van der Waals surface area contributed by atoms with Gasteiger partial charge in [0.25, 0.3) is 5.91 Å². The first-order chi connectivity index (χ1) is 10.5. The normalized spacial score (nSPS) is 25.0. The van der Waals surface area contributed by atoms with E-state index in [9.17, 15) is 14.7 Å².